The van der Waals surface area contributed by atoms with Gasteiger partial charge in [-0.15, -0.1) is 0 Å². The summed E-state index contributed by atoms with van der Waals surface area (Å²) in [5.41, 5.74) is -2.99. The van der Waals surface area contributed by atoms with Crippen molar-refractivity contribution in [2.24, 2.45) is 0 Å². The van der Waals surface area contributed by atoms with Crippen molar-refractivity contribution in [1.82, 2.24) is 5.48 Å². The molecule has 0 radical (unpaired) electrons. The minimum absolute atomic E-state index is 0.283. The molecule has 2 fully saturated rings. The number of carboxylic acids is 2. The number of aromatic carboxylic acids is 2. The number of benzene rings is 1. The lowest BCUT2D eigenvalue weighted by Crippen LogP contribution is -2.39. The summed E-state index contributed by atoms with van der Waals surface area (Å²) in [6, 6.07) is 0.707. The third-order valence-corrected chi connectivity index (χ3v) is 4.96. The van der Waals surface area contributed by atoms with Crippen LogP contribution >= 0.6 is 0 Å². The number of rotatable bonds is 6. The second-order valence-electron chi connectivity index (χ2n) is 8.55. The lowest BCUT2D eigenvalue weighted by atomic mass is 9.96. The minimum Gasteiger partial charge on any atom is -0.478 e. The van der Waals surface area contributed by atoms with E-state index in [1.165, 1.54) is 0 Å². The van der Waals surface area contributed by atoms with Gasteiger partial charge in [0.2, 0.25) is 23.6 Å². The first-order valence-corrected chi connectivity index (χ1v) is 10.1. The Bertz CT molecular complexity index is 1130. The number of nitrogens with one attached hydrogen (secondary N) is 1. The fraction of sp³-hybridized carbons (Fsp3) is 0.381. The van der Waals surface area contributed by atoms with Gasteiger partial charge in [-0.25, -0.2) is 24.9 Å². The highest BCUT2D eigenvalue weighted by atomic mass is 16.7. The van der Waals surface area contributed by atoms with Gasteiger partial charge in [0.05, 0.1) is 28.1 Å². The highest BCUT2D eigenvalue weighted by molar-refractivity contribution is 6.30. The number of amides is 5. The van der Waals surface area contributed by atoms with Crippen molar-refractivity contribution in [1.29, 1.82) is 0 Å². The molecule has 180 valence electrons. The van der Waals surface area contributed by atoms with Crippen molar-refractivity contribution < 1.29 is 48.6 Å². The fourth-order valence-corrected chi connectivity index (χ4v) is 3.57. The van der Waals surface area contributed by atoms with E-state index >= 15 is 0 Å². The molecule has 0 bridgehead atoms. The normalized spacial score (nSPS) is 16.4. The first kappa shape index (κ1) is 24.5. The van der Waals surface area contributed by atoms with Gasteiger partial charge in [-0.3, -0.25) is 28.8 Å². The van der Waals surface area contributed by atoms with Crippen LogP contribution in [-0.2, 0) is 24.0 Å². The van der Waals surface area contributed by atoms with Gasteiger partial charge in [-0.1, -0.05) is 0 Å². The van der Waals surface area contributed by atoms with Gasteiger partial charge < -0.3 is 10.2 Å². The number of hydroxylamine groups is 1. The lowest BCUT2D eigenvalue weighted by molar-refractivity contribution is -0.122. The summed E-state index contributed by atoms with van der Waals surface area (Å²) in [7, 11) is 0. The van der Waals surface area contributed by atoms with E-state index in [4.69, 9.17) is 4.84 Å². The summed E-state index contributed by atoms with van der Waals surface area (Å²) in [6.07, 6.45) is -1.16. The quantitative estimate of drug-likeness (QED) is 0.393. The number of hydrogen-bond donors (Lipinski definition) is 3. The molecule has 13 nitrogen and oxygen atoms in total. The van der Waals surface area contributed by atoms with E-state index in [1.54, 1.807) is 20.8 Å². The second kappa shape index (κ2) is 8.67. The summed E-state index contributed by atoms with van der Waals surface area (Å²) in [4.78, 5) is 93.3. The highest BCUT2D eigenvalue weighted by Crippen LogP contribution is 2.41. The van der Waals surface area contributed by atoms with Gasteiger partial charge in [-0.05, 0) is 26.8 Å². The maximum absolute atomic E-state index is 13.0. The summed E-state index contributed by atoms with van der Waals surface area (Å²) in [5, 5.41) is 19.8. The molecule has 0 atom stereocenters. The van der Waals surface area contributed by atoms with E-state index in [9.17, 15) is 43.8 Å². The van der Waals surface area contributed by atoms with Gasteiger partial charge in [0, 0.05) is 25.7 Å². The van der Waals surface area contributed by atoms with E-state index < -0.39 is 75.1 Å². The fourth-order valence-electron chi connectivity index (χ4n) is 3.57. The van der Waals surface area contributed by atoms with Gasteiger partial charge in [0.15, 0.2) is 0 Å². The Morgan fingerprint density at radius 3 is 1.56 bits per heavy atom. The molecular formula is C21H21N3O10. The van der Waals surface area contributed by atoms with E-state index in [-0.39, 0.29) is 25.7 Å². The van der Waals surface area contributed by atoms with E-state index in [2.05, 4.69) is 0 Å². The molecule has 5 amide bonds. The van der Waals surface area contributed by atoms with Crippen LogP contribution in [0.25, 0.3) is 0 Å². The summed E-state index contributed by atoms with van der Waals surface area (Å²) in [5.74, 6) is -8.17. The average molecular weight is 475 g/mol. The van der Waals surface area contributed by atoms with Crippen LogP contribution in [0.4, 0.5) is 11.4 Å². The third-order valence-electron chi connectivity index (χ3n) is 4.96. The van der Waals surface area contributed by atoms with Gasteiger partial charge in [-0.2, -0.15) is 0 Å². The molecule has 0 unspecified atom stereocenters. The van der Waals surface area contributed by atoms with E-state index in [0.717, 1.165) is 0 Å². The average Bonchev–Trinajstić information content (AvgIpc) is 3.24. The zero-order valence-electron chi connectivity index (χ0n) is 18.5. The number of carboxylic acid groups (broad SMARTS) is 2. The molecule has 0 aromatic heterocycles. The molecule has 1 aromatic rings. The third kappa shape index (κ3) is 4.37. The van der Waals surface area contributed by atoms with Crippen LogP contribution in [-0.4, -0.2) is 57.3 Å². The standard InChI is InChI=1S/C21H21N3O10/c1-21(2,3)34-22-18(29)9-8-10(19(30)31)17(24-13(27)6-7-14(24)28)15(20(32)33)16(9)23-11(25)4-5-12(23)26/h8H,4-7H2,1-3H3,(H,22,29)(H,30,31)(H,32,33). The SMILES string of the molecule is CC(C)(C)ONC(=O)c1cc(C(=O)O)c(N2C(=O)CCC2=O)c(C(=O)O)c1N1C(=O)CCC1=O. The van der Waals surface area contributed by atoms with Crippen molar-refractivity contribution >= 4 is 52.8 Å². The van der Waals surface area contributed by atoms with Gasteiger partial charge in [0.1, 0.15) is 5.56 Å². The van der Waals surface area contributed by atoms with Crippen LogP contribution in [0.3, 0.4) is 0 Å². The molecule has 0 spiro atoms. The number of carbonyl (C=O) groups excluding carboxylic acids is 5. The molecule has 3 N–H and O–H groups in total. The van der Waals surface area contributed by atoms with Crippen LogP contribution in [0, 0.1) is 0 Å². The van der Waals surface area contributed by atoms with E-state index in [0.29, 0.717) is 15.9 Å². The van der Waals surface area contributed by atoms with Crippen LogP contribution in [0.1, 0.15) is 77.5 Å². The maximum atomic E-state index is 13.0. The summed E-state index contributed by atoms with van der Waals surface area (Å²) in [6.45, 7) is 4.75. The second-order valence-corrected chi connectivity index (χ2v) is 8.55. The molecule has 34 heavy (non-hydrogen) atoms. The van der Waals surface area contributed by atoms with Crippen molar-refractivity contribution in [2.45, 2.75) is 52.1 Å². The van der Waals surface area contributed by atoms with Gasteiger partial charge in [0.25, 0.3) is 5.91 Å². The molecule has 1 aromatic carbocycles. The summed E-state index contributed by atoms with van der Waals surface area (Å²) < 4.78 is 0. The number of hydrogen-bond acceptors (Lipinski definition) is 8. The lowest BCUT2D eigenvalue weighted by Gasteiger charge is -2.27. The Morgan fingerprint density at radius 2 is 1.21 bits per heavy atom. The zero-order chi connectivity index (χ0) is 25.5. The first-order valence-electron chi connectivity index (χ1n) is 10.1. The van der Waals surface area contributed by atoms with Crippen LogP contribution in [0.2, 0.25) is 0 Å². The highest BCUT2D eigenvalue weighted by Gasteiger charge is 2.43. The molecule has 2 aliphatic rings. The van der Waals surface area contributed by atoms with Crippen LogP contribution in [0.15, 0.2) is 6.07 Å². The molecule has 3 rings (SSSR count). The topological polar surface area (TPSA) is 188 Å². The van der Waals surface area contributed by atoms with Crippen LogP contribution < -0.4 is 15.3 Å². The Balaban J connectivity index is 2.41. The van der Waals surface area contributed by atoms with E-state index in [1.807, 2.05) is 5.48 Å². The Labute approximate surface area is 192 Å². The van der Waals surface area contributed by atoms with Crippen molar-refractivity contribution in [3.05, 3.63) is 22.8 Å². The Hall–Kier alpha value is -4.13. The molecule has 2 heterocycles. The maximum Gasteiger partial charge on any atom is 0.340 e. The van der Waals surface area contributed by atoms with Crippen molar-refractivity contribution in [3.8, 4) is 0 Å². The number of anilines is 2. The largest absolute Gasteiger partial charge is 0.478 e. The molecule has 0 saturated carbocycles. The molecule has 2 aliphatic heterocycles. The Kier molecular flexibility index (Phi) is 6.25. The number of nitrogens with zero attached hydrogens (tertiary/aromatic N) is 2. The molecule has 0 aliphatic carbocycles. The predicted octanol–water partition coefficient (Wildman–Crippen LogP) is 0.850. The number of carbonyl (C=O) groups is 7. The molecular weight excluding hydrogens is 454 g/mol. The Morgan fingerprint density at radius 1 is 0.794 bits per heavy atom. The smallest absolute Gasteiger partial charge is 0.340 e. The number of imide groups is 2. The summed E-state index contributed by atoms with van der Waals surface area (Å²) >= 11 is 0. The molecule has 2 saturated heterocycles. The van der Waals surface area contributed by atoms with Gasteiger partial charge >= 0.3 is 11.9 Å². The minimum atomic E-state index is -1.86. The molecule has 13 heteroatoms. The monoisotopic (exact) mass is 475 g/mol. The van der Waals surface area contributed by atoms with Crippen LogP contribution in [0.5, 0.6) is 0 Å². The van der Waals surface area contributed by atoms with Crippen molar-refractivity contribution in [2.75, 3.05) is 9.80 Å². The predicted molar refractivity (Wildman–Crippen MR) is 112 cm³/mol. The van der Waals surface area contributed by atoms with Crippen molar-refractivity contribution in [3.63, 3.8) is 0 Å². The first-order chi connectivity index (χ1) is 15.7. The zero-order valence-corrected chi connectivity index (χ0v) is 18.5.